The van der Waals surface area contributed by atoms with Crippen molar-refractivity contribution in [3.63, 3.8) is 0 Å². The van der Waals surface area contributed by atoms with Crippen molar-refractivity contribution in [3.8, 4) is 5.75 Å². The zero-order valence-corrected chi connectivity index (χ0v) is 10.1. The van der Waals surface area contributed by atoms with Crippen LogP contribution >= 0.6 is 0 Å². The van der Waals surface area contributed by atoms with Gasteiger partial charge in [0.05, 0.1) is 11.9 Å². The lowest BCUT2D eigenvalue weighted by Gasteiger charge is -2.30. The summed E-state index contributed by atoms with van der Waals surface area (Å²) in [5.74, 6) is 0.852. The second kappa shape index (κ2) is 4.78. The fourth-order valence-electron chi connectivity index (χ4n) is 2.44. The van der Waals surface area contributed by atoms with Gasteiger partial charge in [0.1, 0.15) is 5.75 Å². The van der Waals surface area contributed by atoms with Crippen LogP contribution in [0.2, 0.25) is 0 Å². The highest BCUT2D eigenvalue weighted by Gasteiger charge is 2.24. The zero-order chi connectivity index (χ0) is 12.4. The molecule has 3 rings (SSSR count). The van der Waals surface area contributed by atoms with Gasteiger partial charge in [0.15, 0.2) is 0 Å². The van der Waals surface area contributed by atoms with Gasteiger partial charge in [-0.1, -0.05) is 24.3 Å². The van der Waals surface area contributed by atoms with Crippen LogP contribution in [0.3, 0.4) is 0 Å². The van der Waals surface area contributed by atoms with Crippen molar-refractivity contribution in [2.24, 2.45) is 0 Å². The first kappa shape index (κ1) is 11.2. The van der Waals surface area contributed by atoms with E-state index in [1.165, 1.54) is 23.7 Å². The maximum atomic E-state index is 9.14. The Morgan fingerprint density at radius 2 is 2.11 bits per heavy atom. The molecule has 1 aromatic heterocycles. The topological polar surface area (TPSA) is 45.1 Å². The molecule has 0 saturated carbocycles. The van der Waals surface area contributed by atoms with Gasteiger partial charge in [0.2, 0.25) is 0 Å². The van der Waals surface area contributed by atoms with Crippen LogP contribution in [0, 0.1) is 0 Å². The average Bonchev–Trinajstić information content (AvgIpc) is 2.37. The molecular weight excluding hydrogens is 224 g/mol. The van der Waals surface area contributed by atoms with Gasteiger partial charge in [-0.3, -0.25) is 4.98 Å². The molecule has 0 amide bonds. The van der Waals surface area contributed by atoms with Crippen molar-refractivity contribution >= 4 is 0 Å². The van der Waals surface area contributed by atoms with Gasteiger partial charge >= 0.3 is 0 Å². The summed E-state index contributed by atoms with van der Waals surface area (Å²) in [4.78, 5) is 4.15. The molecule has 18 heavy (non-hydrogen) atoms. The quantitative estimate of drug-likeness (QED) is 0.861. The first-order valence-electron chi connectivity index (χ1n) is 6.25. The summed E-state index contributed by atoms with van der Waals surface area (Å²) in [5.41, 5.74) is 3.91. The van der Waals surface area contributed by atoms with Crippen LogP contribution in [-0.4, -0.2) is 16.6 Å². The molecule has 1 aromatic carbocycles. The van der Waals surface area contributed by atoms with Gasteiger partial charge in [-0.25, -0.2) is 0 Å². The Kier molecular flexibility index (Phi) is 2.99. The summed E-state index contributed by atoms with van der Waals surface area (Å²) in [7, 11) is 0. The number of hydrogen-bond acceptors (Lipinski definition) is 3. The van der Waals surface area contributed by atoms with E-state index in [-0.39, 0.29) is 5.75 Å². The van der Waals surface area contributed by atoms with Crippen LogP contribution in [0.25, 0.3) is 0 Å². The number of fused-ring (bicyclic) bond motifs is 1. The van der Waals surface area contributed by atoms with Crippen molar-refractivity contribution < 1.29 is 5.11 Å². The first-order valence-corrected chi connectivity index (χ1v) is 6.25. The van der Waals surface area contributed by atoms with Crippen LogP contribution in [0.5, 0.6) is 5.75 Å². The summed E-state index contributed by atoms with van der Waals surface area (Å²) in [5, 5.41) is 12.6. The molecule has 0 spiro atoms. The monoisotopic (exact) mass is 240 g/mol. The highest BCUT2D eigenvalue weighted by atomic mass is 16.3. The lowest BCUT2D eigenvalue weighted by atomic mass is 9.77. The van der Waals surface area contributed by atoms with Gasteiger partial charge in [-0.2, -0.15) is 0 Å². The highest BCUT2D eigenvalue weighted by Crippen LogP contribution is 2.33. The fraction of sp³-hybridized carbons (Fsp3) is 0.267. The highest BCUT2D eigenvalue weighted by molar-refractivity contribution is 5.40. The molecule has 2 N–H and O–H groups in total. The van der Waals surface area contributed by atoms with E-state index >= 15 is 0 Å². The molecular formula is C15H16N2O. The van der Waals surface area contributed by atoms with E-state index in [0.29, 0.717) is 5.92 Å². The van der Waals surface area contributed by atoms with Gasteiger partial charge in [0, 0.05) is 19.0 Å². The normalized spacial score (nSPS) is 17.0. The number of pyridine rings is 1. The van der Waals surface area contributed by atoms with E-state index in [4.69, 9.17) is 5.11 Å². The summed E-state index contributed by atoms with van der Waals surface area (Å²) >= 11 is 0. The number of aromatic nitrogens is 1. The number of rotatable bonds is 4. The fourth-order valence-corrected chi connectivity index (χ4v) is 2.44. The predicted molar refractivity (Wildman–Crippen MR) is 70.5 cm³/mol. The molecule has 92 valence electrons. The lowest BCUT2D eigenvalue weighted by Crippen LogP contribution is -2.28. The van der Waals surface area contributed by atoms with E-state index in [9.17, 15) is 0 Å². The minimum Gasteiger partial charge on any atom is -0.506 e. The van der Waals surface area contributed by atoms with Crippen molar-refractivity contribution in [1.29, 1.82) is 0 Å². The van der Waals surface area contributed by atoms with E-state index < -0.39 is 0 Å². The SMILES string of the molecule is Oc1ccc(CNCC2Cc3ccccc32)nc1. The summed E-state index contributed by atoms with van der Waals surface area (Å²) < 4.78 is 0. The number of nitrogens with one attached hydrogen (secondary N) is 1. The van der Waals surface area contributed by atoms with Crippen molar-refractivity contribution in [2.45, 2.75) is 18.9 Å². The first-order chi connectivity index (χ1) is 8.83. The van der Waals surface area contributed by atoms with Crippen molar-refractivity contribution in [1.82, 2.24) is 10.3 Å². The smallest absolute Gasteiger partial charge is 0.133 e. The van der Waals surface area contributed by atoms with Gasteiger partial charge in [0.25, 0.3) is 0 Å². The Hall–Kier alpha value is -1.87. The maximum absolute atomic E-state index is 9.14. The second-order valence-corrected chi connectivity index (χ2v) is 4.74. The van der Waals surface area contributed by atoms with E-state index in [1.807, 2.05) is 6.07 Å². The molecule has 0 aliphatic heterocycles. The standard InChI is InChI=1S/C15H16N2O/c18-14-6-5-13(17-10-14)9-16-8-12-7-11-3-1-2-4-15(11)12/h1-6,10,12,16,18H,7-9H2. The summed E-state index contributed by atoms with van der Waals surface area (Å²) in [6.45, 7) is 1.73. The van der Waals surface area contributed by atoms with Gasteiger partial charge in [-0.05, 0) is 29.7 Å². The molecule has 0 fully saturated rings. The van der Waals surface area contributed by atoms with Crippen molar-refractivity contribution in [2.75, 3.05) is 6.54 Å². The number of hydrogen-bond donors (Lipinski definition) is 2. The third-order valence-electron chi connectivity index (χ3n) is 3.47. The Morgan fingerprint density at radius 1 is 1.22 bits per heavy atom. The number of aromatic hydroxyl groups is 1. The minimum atomic E-state index is 0.215. The predicted octanol–water partition coefficient (Wildman–Crippen LogP) is 2.22. The number of nitrogens with zero attached hydrogens (tertiary/aromatic N) is 1. The summed E-state index contributed by atoms with van der Waals surface area (Å²) in [6, 6.07) is 12.1. The van der Waals surface area contributed by atoms with Crippen LogP contribution in [0.1, 0.15) is 22.7 Å². The summed E-state index contributed by atoms with van der Waals surface area (Å²) in [6.07, 6.45) is 2.65. The van der Waals surface area contributed by atoms with E-state index in [2.05, 4.69) is 34.6 Å². The molecule has 0 bridgehead atoms. The Labute approximate surface area is 107 Å². The molecule has 1 atom stereocenters. The Bertz CT molecular complexity index is 536. The molecule has 0 saturated heterocycles. The molecule has 3 heteroatoms. The largest absolute Gasteiger partial charge is 0.506 e. The van der Waals surface area contributed by atoms with Crippen LogP contribution in [-0.2, 0) is 13.0 Å². The third-order valence-corrected chi connectivity index (χ3v) is 3.47. The number of benzene rings is 1. The Morgan fingerprint density at radius 3 is 2.89 bits per heavy atom. The average molecular weight is 240 g/mol. The molecule has 3 nitrogen and oxygen atoms in total. The molecule has 1 heterocycles. The van der Waals surface area contributed by atoms with Gasteiger partial charge in [-0.15, -0.1) is 0 Å². The van der Waals surface area contributed by atoms with Gasteiger partial charge < -0.3 is 10.4 Å². The molecule has 1 aliphatic rings. The van der Waals surface area contributed by atoms with Crippen LogP contribution < -0.4 is 5.32 Å². The third kappa shape index (κ3) is 2.22. The molecule has 1 unspecified atom stereocenters. The van der Waals surface area contributed by atoms with E-state index in [0.717, 1.165) is 18.8 Å². The Balaban J connectivity index is 1.51. The van der Waals surface area contributed by atoms with Crippen LogP contribution in [0.4, 0.5) is 0 Å². The zero-order valence-electron chi connectivity index (χ0n) is 10.1. The molecule has 0 radical (unpaired) electrons. The van der Waals surface area contributed by atoms with Crippen molar-refractivity contribution in [3.05, 3.63) is 59.4 Å². The lowest BCUT2D eigenvalue weighted by molar-refractivity contribution is 0.471. The minimum absolute atomic E-state index is 0.215. The second-order valence-electron chi connectivity index (χ2n) is 4.74. The van der Waals surface area contributed by atoms with Crippen LogP contribution in [0.15, 0.2) is 42.6 Å². The molecule has 2 aromatic rings. The molecule has 1 aliphatic carbocycles. The van der Waals surface area contributed by atoms with E-state index in [1.54, 1.807) is 6.07 Å². The maximum Gasteiger partial charge on any atom is 0.133 e.